The van der Waals surface area contributed by atoms with E-state index < -0.39 is 11.7 Å². The van der Waals surface area contributed by atoms with Crippen molar-refractivity contribution in [3.8, 4) is 11.6 Å². The zero-order valence-corrected chi connectivity index (χ0v) is 10.9. The van der Waals surface area contributed by atoms with E-state index in [4.69, 9.17) is 10.5 Å². The lowest BCUT2D eigenvalue weighted by atomic mass is 10.2. The van der Waals surface area contributed by atoms with Gasteiger partial charge in [0.1, 0.15) is 0 Å². The van der Waals surface area contributed by atoms with Gasteiger partial charge in [0.05, 0.1) is 5.56 Å². The fourth-order valence-corrected chi connectivity index (χ4v) is 1.60. The van der Waals surface area contributed by atoms with E-state index in [0.29, 0.717) is 12.2 Å². The molecular weight excluding hydrogens is 261 g/mol. The molecule has 1 aromatic heterocycles. The number of nitrogens with two attached hydrogens (primary N) is 1. The highest BCUT2D eigenvalue weighted by atomic mass is 19.1. The molecule has 20 heavy (non-hydrogen) atoms. The van der Waals surface area contributed by atoms with Gasteiger partial charge in [-0.05, 0) is 25.1 Å². The third-order valence-corrected chi connectivity index (χ3v) is 2.55. The minimum Gasteiger partial charge on any atom is -0.436 e. The zero-order chi connectivity index (χ0) is 14.5. The van der Waals surface area contributed by atoms with Gasteiger partial charge < -0.3 is 15.8 Å². The number of rotatable bonds is 5. The van der Waals surface area contributed by atoms with Crippen LogP contribution >= 0.6 is 0 Å². The Hall–Kier alpha value is -2.63. The maximum Gasteiger partial charge on any atom is 0.250 e. The molecule has 0 saturated carbocycles. The molecule has 0 fully saturated rings. The van der Waals surface area contributed by atoms with Gasteiger partial charge in [0.15, 0.2) is 11.6 Å². The molecule has 1 heterocycles. The molecule has 2 rings (SSSR count). The molecule has 1 amide bonds. The van der Waals surface area contributed by atoms with Crippen molar-refractivity contribution in [3.63, 3.8) is 0 Å². The highest BCUT2D eigenvalue weighted by molar-refractivity contribution is 5.92. The second-order valence-electron chi connectivity index (χ2n) is 4.03. The number of ether oxygens (including phenoxy) is 1. The van der Waals surface area contributed by atoms with Crippen molar-refractivity contribution in [1.29, 1.82) is 0 Å². The Labute approximate surface area is 115 Å². The molecule has 0 bridgehead atoms. The number of hydrogen-bond donors (Lipinski definition) is 2. The number of hydrogen-bond acceptors (Lipinski definition) is 4. The van der Waals surface area contributed by atoms with Crippen LogP contribution in [-0.4, -0.2) is 17.4 Å². The van der Waals surface area contributed by atoms with E-state index in [1.807, 2.05) is 6.92 Å². The number of carbonyl (C=O) groups is 1. The summed E-state index contributed by atoms with van der Waals surface area (Å²) in [6.45, 7) is 2.63. The molecule has 0 unspecified atom stereocenters. The molecule has 5 nitrogen and oxygen atoms in total. The maximum absolute atomic E-state index is 13.8. The first-order valence-electron chi connectivity index (χ1n) is 6.07. The average Bonchev–Trinajstić information content (AvgIpc) is 2.43. The van der Waals surface area contributed by atoms with Crippen molar-refractivity contribution in [2.45, 2.75) is 6.92 Å². The van der Waals surface area contributed by atoms with Crippen molar-refractivity contribution >= 4 is 11.6 Å². The lowest BCUT2D eigenvalue weighted by Crippen LogP contribution is -2.10. The highest BCUT2D eigenvalue weighted by Gasteiger charge is 2.07. The number of primary amides is 1. The second-order valence-corrected chi connectivity index (χ2v) is 4.03. The van der Waals surface area contributed by atoms with E-state index in [2.05, 4.69) is 10.3 Å². The van der Waals surface area contributed by atoms with E-state index in [1.54, 1.807) is 6.07 Å². The van der Waals surface area contributed by atoms with Gasteiger partial charge in [-0.3, -0.25) is 4.79 Å². The molecule has 0 radical (unpaired) electrons. The minimum absolute atomic E-state index is 0.0611. The molecule has 3 N–H and O–H groups in total. The summed E-state index contributed by atoms with van der Waals surface area (Å²) in [5.41, 5.74) is 6.04. The fraction of sp³-hybridized carbons (Fsp3) is 0.143. The van der Waals surface area contributed by atoms with Crippen LogP contribution in [0.4, 0.5) is 10.1 Å². The van der Waals surface area contributed by atoms with E-state index in [0.717, 1.165) is 0 Å². The second kappa shape index (κ2) is 6.01. The van der Waals surface area contributed by atoms with Crippen LogP contribution in [0.25, 0.3) is 0 Å². The number of anilines is 1. The summed E-state index contributed by atoms with van der Waals surface area (Å²) in [6, 6.07) is 7.49. The van der Waals surface area contributed by atoms with Crippen LogP contribution in [0.1, 0.15) is 17.3 Å². The van der Waals surface area contributed by atoms with Crippen molar-refractivity contribution in [2.75, 3.05) is 11.9 Å². The first-order valence-corrected chi connectivity index (χ1v) is 6.07. The lowest BCUT2D eigenvalue weighted by Gasteiger charge is -2.08. The largest absolute Gasteiger partial charge is 0.436 e. The van der Waals surface area contributed by atoms with Gasteiger partial charge >= 0.3 is 0 Å². The van der Waals surface area contributed by atoms with Crippen molar-refractivity contribution in [2.24, 2.45) is 5.73 Å². The van der Waals surface area contributed by atoms with Crippen LogP contribution < -0.4 is 15.8 Å². The summed E-state index contributed by atoms with van der Waals surface area (Å²) in [5, 5.41) is 3.00. The molecule has 104 valence electrons. The number of aromatic nitrogens is 1. The third-order valence-electron chi connectivity index (χ3n) is 2.55. The Kier molecular flexibility index (Phi) is 4.14. The van der Waals surface area contributed by atoms with Crippen LogP contribution in [0.5, 0.6) is 11.6 Å². The normalized spacial score (nSPS) is 10.1. The molecule has 0 saturated heterocycles. The minimum atomic E-state index is -0.578. The number of carbonyl (C=O) groups excluding carboxylic acids is 1. The Morgan fingerprint density at radius 1 is 1.40 bits per heavy atom. The summed E-state index contributed by atoms with van der Waals surface area (Å²) in [5.74, 6) is -0.828. The van der Waals surface area contributed by atoms with Crippen molar-refractivity contribution in [3.05, 3.63) is 47.9 Å². The summed E-state index contributed by atoms with van der Waals surface area (Å²) < 4.78 is 19.1. The molecule has 0 aliphatic heterocycles. The van der Waals surface area contributed by atoms with Gasteiger partial charge in [-0.15, -0.1) is 0 Å². The SMILES string of the molecule is CCNc1ccc(Oc2ccc(C(N)=O)cn2)c(F)c1. The Balaban J connectivity index is 2.15. The van der Waals surface area contributed by atoms with E-state index >= 15 is 0 Å². The Morgan fingerprint density at radius 3 is 2.75 bits per heavy atom. The number of amides is 1. The van der Waals surface area contributed by atoms with Crippen LogP contribution in [0.15, 0.2) is 36.5 Å². The molecule has 6 heteroatoms. The number of benzene rings is 1. The standard InChI is InChI=1S/C14H14FN3O2/c1-2-17-10-4-5-12(11(15)7-10)20-13-6-3-9(8-18-13)14(16)19/h3-8,17H,2H2,1H3,(H2,16,19). The van der Waals surface area contributed by atoms with Gasteiger partial charge in [0.2, 0.25) is 11.8 Å². The molecule has 0 atom stereocenters. The molecule has 1 aromatic carbocycles. The molecule has 0 spiro atoms. The maximum atomic E-state index is 13.8. The molecule has 2 aromatic rings. The van der Waals surface area contributed by atoms with Gasteiger partial charge in [-0.2, -0.15) is 0 Å². The number of nitrogens with one attached hydrogen (secondary N) is 1. The van der Waals surface area contributed by atoms with E-state index in [-0.39, 0.29) is 17.2 Å². The first-order chi connectivity index (χ1) is 9.60. The topological polar surface area (TPSA) is 77.2 Å². The zero-order valence-electron chi connectivity index (χ0n) is 10.9. The summed E-state index contributed by atoms with van der Waals surface area (Å²) >= 11 is 0. The quantitative estimate of drug-likeness (QED) is 0.879. The molecule has 0 aliphatic carbocycles. The van der Waals surface area contributed by atoms with Gasteiger partial charge in [0, 0.05) is 30.6 Å². The number of halogens is 1. The molecule has 0 aliphatic rings. The van der Waals surface area contributed by atoms with E-state index in [1.165, 1.54) is 30.5 Å². The van der Waals surface area contributed by atoms with Gasteiger partial charge in [0.25, 0.3) is 0 Å². The predicted molar refractivity (Wildman–Crippen MR) is 73.4 cm³/mol. The van der Waals surface area contributed by atoms with Crippen LogP contribution in [0.2, 0.25) is 0 Å². The lowest BCUT2D eigenvalue weighted by molar-refractivity contribution is 0.1000. The third kappa shape index (κ3) is 3.23. The monoisotopic (exact) mass is 275 g/mol. The summed E-state index contributed by atoms with van der Waals surface area (Å²) in [7, 11) is 0. The predicted octanol–water partition coefficient (Wildman–Crippen LogP) is 2.54. The van der Waals surface area contributed by atoms with E-state index in [9.17, 15) is 9.18 Å². The molecular formula is C14H14FN3O2. The number of nitrogens with zero attached hydrogens (tertiary/aromatic N) is 1. The van der Waals surface area contributed by atoms with Crippen LogP contribution in [-0.2, 0) is 0 Å². The highest BCUT2D eigenvalue weighted by Crippen LogP contribution is 2.25. The van der Waals surface area contributed by atoms with Crippen molar-refractivity contribution in [1.82, 2.24) is 4.98 Å². The summed E-state index contributed by atoms with van der Waals surface area (Å²) in [4.78, 5) is 14.8. The van der Waals surface area contributed by atoms with Crippen LogP contribution in [0, 0.1) is 5.82 Å². The Bertz CT molecular complexity index is 614. The van der Waals surface area contributed by atoms with Gasteiger partial charge in [-0.25, -0.2) is 9.37 Å². The van der Waals surface area contributed by atoms with Gasteiger partial charge in [-0.1, -0.05) is 0 Å². The smallest absolute Gasteiger partial charge is 0.250 e. The average molecular weight is 275 g/mol. The Morgan fingerprint density at radius 2 is 2.20 bits per heavy atom. The number of pyridine rings is 1. The van der Waals surface area contributed by atoms with Crippen LogP contribution in [0.3, 0.4) is 0 Å². The summed E-state index contributed by atoms with van der Waals surface area (Å²) in [6.07, 6.45) is 1.28. The van der Waals surface area contributed by atoms with Crippen molar-refractivity contribution < 1.29 is 13.9 Å². The fourth-order valence-electron chi connectivity index (χ4n) is 1.60. The first kappa shape index (κ1) is 13.8.